The molecule has 4 rings (SSSR count). The molecule has 8 heteroatoms. The summed E-state index contributed by atoms with van der Waals surface area (Å²) in [6.07, 6.45) is 1.31. The summed E-state index contributed by atoms with van der Waals surface area (Å²) in [6.45, 7) is 3.18. The van der Waals surface area contributed by atoms with Crippen LogP contribution in [0, 0.1) is 0 Å². The van der Waals surface area contributed by atoms with Crippen LogP contribution in [0.15, 0.2) is 94.1 Å². The van der Waals surface area contributed by atoms with Gasteiger partial charge in [0.1, 0.15) is 36.4 Å². The van der Waals surface area contributed by atoms with Crippen molar-refractivity contribution in [3.05, 3.63) is 101 Å². The molecule has 0 saturated carbocycles. The molecular formula is C33H35NO7. The maximum atomic E-state index is 12.7. The first-order valence-corrected chi connectivity index (χ1v) is 13.9. The molecule has 214 valence electrons. The number of esters is 2. The molecule has 8 nitrogen and oxygen atoms in total. The highest BCUT2D eigenvalue weighted by molar-refractivity contribution is 5.80. The van der Waals surface area contributed by atoms with Crippen molar-refractivity contribution in [2.24, 2.45) is 0 Å². The molecule has 1 aromatic heterocycles. The zero-order valence-corrected chi connectivity index (χ0v) is 23.2. The lowest BCUT2D eigenvalue weighted by Gasteiger charge is -2.19. The van der Waals surface area contributed by atoms with Crippen molar-refractivity contribution in [3.63, 3.8) is 0 Å². The van der Waals surface area contributed by atoms with Crippen LogP contribution in [0.3, 0.4) is 0 Å². The number of carbonyl (C=O) groups excluding carboxylic acids is 2. The van der Waals surface area contributed by atoms with E-state index < -0.39 is 6.10 Å². The minimum atomic E-state index is -0.544. The first kappa shape index (κ1) is 29.6. The lowest BCUT2D eigenvalue weighted by atomic mass is 10.1. The molecule has 0 spiro atoms. The summed E-state index contributed by atoms with van der Waals surface area (Å²) in [7, 11) is 0. The van der Waals surface area contributed by atoms with Crippen LogP contribution in [0.4, 0.5) is 0 Å². The van der Waals surface area contributed by atoms with Gasteiger partial charge < -0.3 is 23.9 Å². The van der Waals surface area contributed by atoms with Gasteiger partial charge in [-0.2, -0.15) is 0 Å². The van der Waals surface area contributed by atoms with Crippen LogP contribution < -0.4 is 15.5 Å². The summed E-state index contributed by atoms with van der Waals surface area (Å²) in [6, 6.07) is 25.5. The van der Waals surface area contributed by atoms with Crippen molar-refractivity contribution in [1.82, 2.24) is 5.32 Å². The van der Waals surface area contributed by atoms with E-state index in [-0.39, 0.29) is 37.0 Å². The molecule has 1 N–H and O–H groups in total. The van der Waals surface area contributed by atoms with Crippen LogP contribution in [0.25, 0.3) is 22.3 Å². The van der Waals surface area contributed by atoms with Crippen LogP contribution in [0.2, 0.25) is 0 Å². The largest absolute Gasteiger partial charge is 0.490 e. The van der Waals surface area contributed by atoms with Crippen molar-refractivity contribution < 1.29 is 28.2 Å². The Morgan fingerprint density at radius 2 is 1.66 bits per heavy atom. The monoisotopic (exact) mass is 557 g/mol. The number of fused-ring (bicyclic) bond motifs is 1. The molecule has 0 fully saturated rings. The van der Waals surface area contributed by atoms with Crippen molar-refractivity contribution in [2.45, 2.75) is 45.3 Å². The molecule has 0 aliphatic carbocycles. The van der Waals surface area contributed by atoms with E-state index in [1.807, 2.05) is 67.6 Å². The minimum Gasteiger partial charge on any atom is -0.490 e. The molecule has 0 aliphatic heterocycles. The highest BCUT2D eigenvalue weighted by atomic mass is 16.6. The molecule has 1 unspecified atom stereocenters. The number of rotatable bonds is 15. The van der Waals surface area contributed by atoms with Gasteiger partial charge in [0.2, 0.25) is 0 Å². The van der Waals surface area contributed by atoms with Crippen LogP contribution >= 0.6 is 0 Å². The van der Waals surface area contributed by atoms with Gasteiger partial charge in [-0.05, 0) is 37.1 Å². The first-order chi connectivity index (χ1) is 20.0. The Balaban J connectivity index is 1.30. The van der Waals surface area contributed by atoms with E-state index in [1.165, 1.54) is 6.07 Å². The summed E-state index contributed by atoms with van der Waals surface area (Å²) < 4.78 is 22.9. The minimum absolute atomic E-state index is 0.107. The maximum absolute atomic E-state index is 12.7. The average molecular weight is 558 g/mol. The molecule has 1 atom stereocenters. The van der Waals surface area contributed by atoms with Gasteiger partial charge in [-0.1, -0.05) is 67.6 Å². The van der Waals surface area contributed by atoms with Crippen LogP contribution in [0.1, 0.15) is 38.2 Å². The van der Waals surface area contributed by atoms with Gasteiger partial charge in [0.05, 0.1) is 5.39 Å². The van der Waals surface area contributed by atoms with Gasteiger partial charge in [-0.3, -0.25) is 14.4 Å². The number of hydrogen-bond donors (Lipinski definition) is 1. The third-order valence-electron chi connectivity index (χ3n) is 6.30. The molecule has 0 radical (unpaired) electrons. The molecule has 0 amide bonds. The standard InChI is InChI=1S/C33H35NO7/c1-2-10-33(37)40-27(21-34-18-9-15-32(36)39-22-24-11-5-3-6-12-24)23-38-26-16-17-28-29(35)20-30(41-31(28)19-26)25-13-7-4-8-14-25/h3-8,11-14,16-17,19-20,27,34H,2,9-10,15,18,21-23H2,1H3. The molecule has 0 saturated heterocycles. The van der Waals surface area contributed by atoms with E-state index in [0.29, 0.717) is 54.8 Å². The molecule has 41 heavy (non-hydrogen) atoms. The Morgan fingerprint density at radius 3 is 2.41 bits per heavy atom. The third kappa shape index (κ3) is 9.32. The van der Waals surface area contributed by atoms with Crippen molar-refractivity contribution >= 4 is 22.9 Å². The Morgan fingerprint density at radius 1 is 0.902 bits per heavy atom. The quantitative estimate of drug-likeness (QED) is 0.147. The summed E-state index contributed by atoms with van der Waals surface area (Å²) in [5, 5.41) is 3.69. The lowest BCUT2D eigenvalue weighted by Crippen LogP contribution is -2.36. The second kappa shape index (κ2) is 15.4. The number of carbonyl (C=O) groups is 2. The zero-order valence-electron chi connectivity index (χ0n) is 23.2. The predicted octanol–water partition coefficient (Wildman–Crippen LogP) is 5.66. The van der Waals surface area contributed by atoms with Gasteiger partial charge in [0.25, 0.3) is 0 Å². The predicted molar refractivity (Wildman–Crippen MR) is 157 cm³/mol. The lowest BCUT2D eigenvalue weighted by molar-refractivity contribution is -0.150. The second-order valence-electron chi connectivity index (χ2n) is 9.63. The molecule has 0 bridgehead atoms. The summed E-state index contributed by atoms with van der Waals surface area (Å²) in [5.41, 5.74) is 2.01. The molecule has 4 aromatic rings. The van der Waals surface area contributed by atoms with Crippen molar-refractivity contribution in [3.8, 4) is 17.1 Å². The highest BCUT2D eigenvalue weighted by Gasteiger charge is 2.16. The van der Waals surface area contributed by atoms with Crippen molar-refractivity contribution in [2.75, 3.05) is 19.7 Å². The van der Waals surface area contributed by atoms with E-state index in [0.717, 1.165) is 11.1 Å². The molecular weight excluding hydrogens is 522 g/mol. The van der Waals surface area contributed by atoms with Crippen molar-refractivity contribution in [1.29, 1.82) is 0 Å². The van der Waals surface area contributed by atoms with Crippen LogP contribution in [-0.4, -0.2) is 37.7 Å². The Kier molecular flexibility index (Phi) is 11.1. The SMILES string of the molecule is CCCC(=O)OC(CNCCCC(=O)OCc1ccccc1)COc1ccc2c(=O)cc(-c3ccccc3)oc2c1. The Bertz CT molecular complexity index is 1470. The highest BCUT2D eigenvalue weighted by Crippen LogP contribution is 2.25. The van der Waals surface area contributed by atoms with Gasteiger partial charge in [0, 0.05) is 37.1 Å². The molecule has 1 heterocycles. The Hall–Kier alpha value is -4.43. The zero-order chi connectivity index (χ0) is 28.9. The fraction of sp³-hybridized carbons (Fsp3) is 0.303. The third-order valence-corrected chi connectivity index (χ3v) is 6.30. The van der Waals surface area contributed by atoms with Gasteiger partial charge >= 0.3 is 11.9 Å². The number of ether oxygens (including phenoxy) is 3. The number of nitrogens with one attached hydrogen (secondary N) is 1. The van der Waals surface area contributed by atoms with Gasteiger partial charge in [0.15, 0.2) is 5.43 Å². The fourth-order valence-electron chi connectivity index (χ4n) is 4.17. The fourth-order valence-corrected chi connectivity index (χ4v) is 4.17. The summed E-state index contributed by atoms with van der Waals surface area (Å²) >= 11 is 0. The van der Waals surface area contributed by atoms with Gasteiger partial charge in [-0.15, -0.1) is 0 Å². The number of hydrogen-bond acceptors (Lipinski definition) is 8. The van der Waals surface area contributed by atoms with Crippen LogP contribution in [-0.2, 0) is 25.7 Å². The molecule has 0 aliphatic rings. The van der Waals surface area contributed by atoms with E-state index >= 15 is 0 Å². The Labute approximate surface area is 239 Å². The van der Waals surface area contributed by atoms with Crippen LogP contribution in [0.5, 0.6) is 5.75 Å². The van der Waals surface area contributed by atoms with E-state index in [9.17, 15) is 14.4 Å². The topological polar surface area (TPSA) is 104 Å². The second-order valence-corrected chi connectivity index (χ2v) is 9.63. The summed E-state index contributed by atoms with van der Waals surface area (Å²) in [4.78, 5) is 36.9. The van der Waals surface area contributed by atoms with Gasteiger partial charge in [-0.25, -0.2) is 0 Å². The average Bonchev–Trinajstić information content (AvgIpc) is 2.99. The van der Waals surface area contributed by atoms with E-state index in [2.05, 4.69) is 5.32 Å². The smallest absolute Gasteiger partial charge is 0.306 e. The molecule has 3 aromatic carbocycles. The maximum Gasteiger partial charge on any atom is 0.306 e. The van der Waals surface area contributed by atoms with E-state index in [4.69, 9.17) is 18.6 Å². The van der Waals surface area contributed by atoms with E-state index in [1.54, 1.807) is 18.2 Å². The summed E-state index contributed by atoms with van der Waals surface area (Å²) in [5.74, 6) is 0.399. The normalized spacial score (nSPS) is 11.6. The first-order valence-electron chi connectivity index (χ1n) is 13.9. The number of benzene rings is 3.